The number of likely N-dealkylation sites (tertiary alicyclic amines) is 1. The van der Waals surface area contributed by atoms with Gasteiger partial charge in [0.1, 0.15) is 5.60 Å². The van der Waals surface area contributed by atoms with Crippen LogP contribution in [0.1, 0.15) is 51.7 Å². The predicted octanol–water partition coefficient (Wildman–Crippen LogP) is 8.33. The molecule has 1 aliphatic heterocycles. The fraction of sp³-hybridized carbons (Fsp3) is 0.406. The lowest BCUT2D eigenvalue weighted by molar-refractivity contribution is 0.0284. The average molecular weight is 519 g/mol. The summed E-state index contributed by atoms with van der Waals surface area (Å²) in [5.74, 6) is 1.07. The molecule has 2 atom stereocenters. The summed E-state index contributed by atoms with van der Waals surface area (Å²) in [4.78, 5) is 17.3. The minimum Gasteiger partial charge on any atom is -0.444 e. The van der Waals surface area contributed by atoms with Crippen LogP contribution in [0, 0.1) is 11.8 Å². The van der Waals surface area contributed by atoms with E-state index >= 15 is 0 Å². The molecule has 1 aliphatic rings. The van der Waals surface area contributed by atoms with Gasteiger partial charge in [0.2, 0.25) is 0 Å². The summed E-state index contributed by atoms with van der Waals surface area (Å²) in [6, 6.07) is 27.3. The summed E-state index contributed by atoms with van der Waals surface area (Å²) in [6.45, 7) is 12.4. The summed E-state index contributed by atoms with van der Waals surface area (Å²) in [6.07, 6.45) is 0.696. The molecule has 0 saturated carbocycles. The lowest BCUT2D eigenvalue weighted by atomic mass is 9.88. The summed E-state index contributed by atoms with van der Waals surface area (Å²) >= 11 is 6.21. The zero-order chi connectivity index (χ0) is 26.6. The van der Waals surface area contributed by atoms with Gasteiger partial charge in [-0.15, -0.1) is 0 Å². The van der Waals surface area contributed by atoms with Gasteiger partial charge in [-0.1, -0.05) is 67.9 Å². The first kappa shape index (κ1) is 27.1. The van der Waals surface area contributed by atoms with Crippen molar-refractivity contribution in [3.63, 3.8) is 0 Å². The monoisotopic (exact) mass is 518 g/mol. The number of hydrogen-bond donors (Lipinski definition) is 0. The van der Waals surface area contributed by atoms with Crippen LogP contribution < -0.4 is 4.90 Å². The molecule has 1 heterocycles. The number of carbonyl (C=O) groups is 1. The Hall–Kier alpha value is -2.98. The van der Waals surface area contributed by atoms with Crippen LogP contribution in [-0.4, -0.2) is 36.2 Å². The molecular formula is C32H39ClN2O2. The van der Waals surface area contributed by atoms with Crippen molar-refractivity contribution >= 4 is 29.1 Å². The normalized spacial score (nSPS) is 17.8. The van der Waals surface area contributed by atoms with Crippen molar-refractivity contribution in [2.45, 2.75) is 52.6 Å². The Kier molecular flexibility index (Phi) is 8.49. The molecule has 0 radical (unpaired) electrons. The number of hydrogen-bond acceptors (Lipinski definition) is 3. The number of ether oxygens (including phenoxy) is 1. The number of carbonyl (C=O) groups excluding carboxylic acids is 1. The second-order valence-electron chi connectivity index (χ2n) is 11.4. The number of benzene rings is 3. The Morgan fingerprint density at radius 3 is 2.24 bits per heavy atom. The van der Waals surface area contributed by atoms with E-state index in [1.54, 1.807) is 0 Å². The fourth-order valence-electron chi connectivity index (χ4n) is 5.06. The molecule has 3 aromatic rings. The highest BCUT2D eigenvalue weighted by Crippen LogP contribution is 2.34. The van der Waals surface area contributed by atoms with Crippen LogP contribution in [0.2, 0.25) is 5.02 Å². The van der Waals surface area contributed by atoms with E-state index in [0.29, 0.717) is 24.9 Å². The van der Waals surface area contributed by atoms with Gasteiger partial charge in [0.15, 0.2) is 0 Å². The highest BCUT2D eigenvalue weighted by Gasteiger charge is 2.38. The Bertz CT molecular complexity index is 1170. The third-order valence-electron chi connectivity index (χ3n) is 6.97. The molecule has 1 amide bonds. The molecule has 1 saturated heterocycles. The highest BCUT2D eigenvalue weighted by molar-refractivity contribution is 6.30. The molecule has 4 rings (SSSR count). The van der Waals surface area contributed by atoms with E-state index in [9.17, 15) is 4.79 Å². The molecule has 196 valence electrons. The van der Waals surface area contributed by atoms with Crippen molar-refractivity contribution in [3.8, 4) is 0 Å². The lowest BCUT2D eigenvalue weighted by Crippen LogP contribution is -2.36. The lowest BCUT2D eigenvalue weighted by Gasteiger charge is -2.30. The quantitative estimate of drug-likeness (QED) is 0.315. The van der Waals surface area contributed by atoms with Crippen LogP contribution in [0.25, 0.3) is 0 Å². The predicted molar refractivity (Wildman–Crippen MR) is 154 cm³/mol. The van der Waals surface area contributed by atoms with E-state index in [-0.39, 0.29) is 12.0 Å². The van der Waals surface area contributed by atoms with E-state index < -0.39 is 5.60 Å². The van der Waals surface area contributed by atoms with E-state index in [1.807, 2.05) is 43.9 Å². The molecule has 3 aromatic carbocycles. The number of halogens is 1. The van der Waals surface area contributed by atoms with Crippen molar-refractivity contribution in [1.82, 2.24) is 4.90 Å². The summed E-state index contributed by atoms with van der Waals surface area (Å²) < 4.78 is 5.77. The van der Waals surface area contributed by atoms with Crippen molar-refractivity contribution in [3.05, 3.63) is 95.0 Å². The maximum Gasteiger partial charge on any atom is 0.410 e. The third-order valence-corrected chi connectivity index (χ3v) is 7.22. The van der Waals surface area contributed by atoms with Gasteiger partial charge in [-0.3, -0.25) is 0 Å². The Morgan fingerprint density at radius 2 is 1.59 bits per heavy atom. The van der Waals surface area contributed by atoms with Crippen LogP contribution in [0.15, 0.2) is 78.9 Å². The number of anilines is 2. The van der Waals surface area contributed by atoms with Crippen molar-refractivity contribution in [2.24, 2.45) is 11.8 Å². The maximum absolute atomic E-state index is 13.1. The van der Waals surface area contributed by atoms with Gasteiger partial charge in [-0.05, 0) is 92.5 Å². The number of nitrogens with zero attached hydrogens (tertiary/aromatic N) is 2. The summed E-state index contributed by atoms with van der Waals surface area (Å²) in [7, 11) is 0. The fourth-order valence-corrected chi connectivity index (χ4v) is 5.18. The molecule has 0 spiro atoms. The first-order valence-corrected chi connectivity index (χ1v) is 13.6. The third kappa shape index (κ3) is 7.29. The second-order valence-corrected chi connectivity index (χ2v) is 11.9. The van der Waals surface area contributed by atoms with Crippen molar-refractivity contribution in [2.75, 3.05) is 24.5 Å². The minimum absolute atomic E-state index is 0.228. The van der Waals surface area contributed by atoms with E-state index in [4.69, 9.17) is 16.3 Å². The summed E-state index contributed by atoms with van der Waals surface area (Å²) in [5.41, 5.74) is 4.37. The molecule has 5 heteroatoms. The Labute approximate surface area is 227 Å². The first-order chi connectivity index (χ1) is 17.6. The first-order valence-electron chi connectivity index (χ1n) is 13.2. The van der Waals surface area contributed by atoms with E-state index in [0.717, 1.165) is 29.4 Å². The molecule has 0 aromatic heterocycles. The molecule has 0 aliphatic carbocycles. The van der Waals surface area contributed by atoms with Crippen LogP contribution in [0.3, 0.4) is 0 Å². The largest absolute Gasteiger partial charge is 0.444 e. The van der Waals surface area contributed by atoms with Crippen LogP contribution >= 0.6 is 11.6 Å². The SMILES string of the molecule is CC(C)c1cccc(CC2CN(C(=O)OC(C)(C)C)CC2CN(c2ccccc2)c2ccc(Cl)cc2)c1. The molecular weight excluding hydrogens is 480 g/mol. The number of rotatable bonds is 7. The van der Waals surface area contributed by atoms with Gasteiger partial charge in [0.05, 0.1) is 0 Å². The Morgan fingerprint density at radius 1 is 0.946 bits per heavy atom. The van der Waals surface area contributed by atoms with Crippen molar-refractivity contribution in [1.29, 1.82) is 0 Å². The smallest absolute Gasteiger partial charge is 0.410 e. The van der Waals surface area contributed by atoms with Gasteiger partial charge < -0.3 is 14.5 Å². The van der Waals surface area contributed by atoms with Gasteiger partial charge >= 0.3 is 6.09 Å². The molecule has 37 heavy (non-hydrogen) atoms. The topological polar surface area (TPSA) is 32.8 Å². The molecule has 0 N–H and O–H groups in total. The number of amides is 1. The highest BCUT2D eigenvalue weighted by atomic mass is 35.5. The Balaban J connectivity index is 1.63. The van der Waals surface area contributed by atoms with Crippen LogP contribution in [-0.2, 0) is 11.2 Å². The standard InChI is InChI=1S/C32H39ClN2O2/c1-23(2)25-11-9-10-24(18-25)19-26-20-34(31(36)37-32(3,4)5)21-27(26)22-35(29-12-7-6-8-13-29)30-16-14-28(33)15-17-30/h6-18,23,26-27H,19-22H2,1-5H3. The van der Waals surface area contributed by atoms with Crippen LogP contribution in [0.5, 0.6) is 0 Å². The van der Waals surface area contributed by atoms with Gasteiger partial charge in [-0.2, -0.15) is 0 Å². The van der Waals surface area contributed by atoms with E-state index in [1.165, 1.54) is 11.1 Å². The number of para-hydroxylation sites is 1. The minimum atomic E-state index is -0.518. The zero-order valence-corrected chi connectivity index (χ0v) is 23.4. The maximum atomic E-state index is 13.1. The molecule has 1 fully saturated rings. The van der Waals surface area contributed by atoms with Crippen LogP contribution in [0.4, 0.5) is 16.2 Å². The van der Waals surface area contributed by atoms with Gasteiger partial charge in [-0.25, -0.2) is 4.79 Å². The zero-order valence-electron chi connectivity index (χ0n) is 22.7. The second kappa shape index (κ2) is 11.6. The van der Waals surface area contributed by atoms with Gasteiger partial charge in [0, 0.05) is 36.0 Å². The molecule has 4 nitrogen and oxygen atoms in total. The molecule has 2 unspecified atom stereocenters. The van der Waals surface area contributed by atoms with E-state index in [2.05, 4.69) is 79.4 Å². The van der Waals surface area contributed by atoms with Gasteiger partial charge in [0.25, 0.3) is 0 Å². The van der Waals surface area contributed by atoms with Crippen molar-refractivity contribution < 1.29 is 9.53 Å². The summed E-state index contributed by atoms with van der Waals surface area (Å²) in [5, 5.41) is 0.719. The molecule has 0 bridgehead atoms. The average Bonchev–Trinajstić information content (AvgIpc) is 3.25.